The fraction of sp³-hybridized carbons (Fsp3) is 0.562. The molecule has 21 heavy (non-hydrogen) atoms. The number of amidine groups is 1. The van der Waals surface area contributed by atoms with Crippen LogP contribution < -0.4 is 15.8 Å². The van der Waals surface area contributed by atoms with Crippen LogP contribution in [0.3, 0.4) is 0 Å². The molecule has 116 valence electrons. The summed E-state index contributed by atoms with van der Waals surface area (Å²) in [6.45, 7) is 4.09. The van der Waals surface area contributed by atoms with Crippen LogP contribution in [0.5, 0.6) is 5.75 Å². The van der Waals surface area contributed by atoms with Gasteiger partial charge in [0.1, 0.15) is 5.75 Å². The summed E-state index contributed by atoms with van der Waals surface area (Å²) in [7, 11) is 1.57. The van der Waals surface area contributed by atoms with Crippen LogP contribution in [0, 0.1) is 5.41 Å². The van der Waals surface area contributed by atoms with Gasteiger partial charge in [0.2, 0.25) is 0 Å². The Morgan fingerprint density at radius 3 is 2.76 bits per heavy atom. The number of benzene rings is 1. The SMILES string of the molecule is CCC1(CNCc2ccc(OC)c(/C(N)=N/O)c2)CCC1. The van der Waals surface area contributed by atoms with Crippen LogP contribution in [-0.4, -0.2) is 24.7 Å². The molecule has 0 bridgehead atoms. The molecule has 4 N–H and O–H groups in total. The predicted molar refractivity (Wildman–Crippen MR) is 83.8 cm³/mol. The van der Waals surface area contributed by atoms with E-state index in [4.69, 9.17) is 15.7 Å². The summed E-state index contributed by atoms with van der Waals surface area (Å²) in [4.78, 5) is 0. The summed E-state index contributed by atoms with van der Waals surface area (Å²) < 4.78 is 5.23. The standard InChI is InChI=1S/C16H25N3O2/c1-3-16(7-4-8-16)11-18-10-12-5-6-14(21-2)13(9-12)15(17)19-20/h5-6,9,18,20H,3-4,7-8,10-11H2,1-2H3,(H2,17,19). The molecule has 1 aliphatic carbocycles. The van der Waals surface area contributed by atoms with Gasteiger partial charge in [-0.2, -0.15) is 0 Å². The van der Waals surface area contributed by atoms with E-state index >= 15 is 0 Å². The minimum atomic E-state index is 0.0673. The molecule has 1 aromatic rings. The first kappa shape index (κ1) is 15.6. The van der Waals surface area contributed by atoms with Crippen molar-refractivity contribution in [2.24, 2.45) is 16.3 Å². The molecule has 0 aromatic heterocycles. The van der Waals surface area contributed by atoms with Gasteiger partial charge in [0.25, 0.3) is 0 Å². The van der Waals surface area contributed by atoms with Crippen LogP contribution in [0.25, 0.3) is 0 Å². The third kappa shape index (κ3) is 3.47. The number of oxime groups is 1. The van der Waals surface area contributed by atoms with Crippen molar-refractivity contribution in [3.63, 3.8) is 0 Å². The molecule has 5 heteroatoms. The molecule has 0 spiro atoms. The first-order chi connectivity index (χ1) is 10.1. The van der Waals surface area contributed by atoms with E-state index in [2.05, 4.69) is 17.4 Å². The number of nitrogens with zero attached hydrogens (tertiary/aromatic N) is 1. The molecule has 1 aliphatic rings. The van der Waals surface area contributed by atoms with Gasteiger partial charge in [0, 0.05) is 13.1 Å². The molecule has 1 saturated carbocycles. The van der Waals surface area contributed by atoms with Crippen molar-refractivity contribution in [1.82, 2.24) is 5.32 Å². The second kappa shape index (κ2) is 6.80. The number of methoxy groups -OCH3 is 1. The molecule has 0 saturated heterocycles. The van der Waals surface area contributed by atoms with Crippen molar-refractivity contribution in [2.45, 2.75) is 39.2 Å². The number of hydrogen-bond donors (Lipinski definition) is 3. The van der Waals surface area contributed by atoms with E-state index in [1.807, 2.05) is 18.2 Å². The molecule has 0 radical (unpaired) electrons. The Hall–Kier alpha value is -1.75. The number of nitrogens with one attached hydrogen (secondary N) is 1. The summed E-state index contributed by atoms with van der Waals surface area (Å²) in [6, 6.07) is 5.75. The smallest absolute Gasteiger partial charge is 0.173 e. The third-order valence-corrected chi connectivity index (χ3v) is 4.64. The maximum Gasteiger partial charge on any atom is 0.173 e. The number of ether oxygens (including phenoxy) is 1. The molecule has 0 aliphatic heterocycles. The molecule has 0 amide bonds. The second-order valence-electron chi connectivity index (χ2n) is 5.83. The Kier molecular flexibility index (Phi) is 5.07. The number of hydrogen-bond acceptors (Lipinski definition) is 4. The highest BCUT2D eigenvalue weighted by Gasteiger charge is 2.34. The van der Waals surface area contributed by atoms with Crippen LogP contribution >= 0.6 is 0 Å². The van der Waals surface area contributed by atoms with Crippen molar-refractivity contribution in [3.8, 4) is 5.75 Å². The molecule has 0 heterocycles. The molecular weight excluding hydrogens is 266 g/mol. The third-order valence-electron chi connectivity index (χ3n) is 4.64. The van der Waals surface area contributed by atoms with E-state index in [9.17, 15) is 0 Å². The van der Waals surface area contributed by atoms with Crippen molar-refractivity contribution >= 4 is 5.84 Å². The first-order valence-electron chi connectivity index (χ1n) is 7.49. The Balaban J connectivity index is 2.00. The van der Waals surface area contributed by atoms with Crippen molar-refractivity contribution in [2.75, 3.05) is 13.7 Å². The Morgan fingerprint density at radius 2 is 2.24 bits per heavy atom. The van der Waals surface area contributed by atoms with Gasteiger partial charge in [-0.15, -0.1) is 0 Å². The quantitative estimate of drug-likeness (QED) is 0.312. The Bertz CT molecular complexity index is 505. The van der Waals surface area contributed by atoms with E-state index in [0.29, 0.717) is 16.7 Å². The highest BCUT2D eigenvalue weighted by molar-refractivity contribution is 5.99. The monoisotopic (exact) mass is 291 g/mol. The van der Waals surface area contributed by atoms with Gasteiger partial charge in [0.15, 0.2) is 5.84 Å². The van der Waals surface area contributed by atoms with Gasteiger partial charge in [-0.1, -0.05) is 24.6 Å². The van der Waals surface area contributed by atoms with Gasteiger partial charge < -0.3 is 21.0 Å². The maximum absolute atomic E-state index is 8.85. The van der Waals surface area contributed by atoms with Crippen LogP contribution in [0.4, 0.5) is 0 Å². The van der Waals surface area contributed by atoms with Gasteiger partial charge in [-0.05, 0) is 42.4 Å². The lowest BCUT2D eigenvalue weighted by atomic mass is 9.67. The average molecular weight is 291 g/mol. The van der Waals surface area contributed by atoms with E-state index in [0.717, 1.165) is 18.7 Å². The van der Waals surface area contributed by atoms with E-state index < -0.39 is 0 Å². The molecule has 0 unspecified atom stereocenters. The van der Waals surface area contributed by atoms with Crippen molar-refractivity contribution < 1.29 is 9.94 Å². The van der Waals surface area contributed by atoms with Crippen LogP contribution in [-0.2, 0) is 6.54 Å². The number of nitrogens with two attached hydrogens (primary N) is 1. The predicted octanol–water partition coefficient (Wildman–Crippen LogP) is 2.46. The molecule has 5 nitrogen and oxygen atoms in total. The summed E-state index contributed by atoms with van der Waals surface area (Å²) in [5.41, 5.74) is 7.91. The lowest BCUT2D eigenvalue weighted by Crippen LogP contribution is -2.39. The average Bonchev–Trinajstić information content (AvgIpc) is 2.49. The van der Waals surface area contributed by atoms with Gasteiger partial charge in [-0.3, -0.25) is 0 Å². The second-order valence-corrected chi connectivity index (χ2v) is 5.83. The first-order valence-corrected chi connectivity index (χ1v) is 7.49. The fourth-order valence-corrected chi connectivity index (χ4v) is 2.92. The zero-order valence-electron chi connectivity index (χ0n) is 12.9. The Morgan fingerprint density at radius 1 is 1.48 bits per heavy atom. The lowest BCUT2D eigenvalue weighted by molar-refractivity contribution is 0.124. The highest BCUT2D eigenvalue weighted by atomic mass is 16.5. The molecule has 0 atom stereocenters. The summed E-state index contributed by atoms with van der Waals surface area (Å²) >= 11 is 0. The van der Waals surface area contributed by atoms with E-state index in [1.165, 1.54) is 25.7 Å². The largest absolute Gasteiger partial charge is 0.496 e. The lowest BCUT2D eigenvalue weighted by Gasteiger charge is -2.41. The van der Waals surface area contributed by atoms with Crippen molar-refractivity contribution in [3.05, 3.63) is 29.3 Å². The minimum Gasteiger partial charge on any atom is -0.496 e. The zero-order chi connectivity index (χ0) is 15.3. The summed E-state index contributed by atoms with van der Waals surface area (Å²) in [5, 5.41) is 15.4. The van der Waals surface area contributed by atoms with Crippen LogP contribution in [0.15, 0.2) is 23.4 Å². The highest BCUT2D eigenvalue weighted by Crippen LogP contribution is 2.43. The van der Waals surface area contributed by atoms with E-state index in [1.54, 1.807) is 7.11 Å². The topological polar surface area (TPSA) is 79.9 Å². The van der Waals surface area contributed by atoms with Crippen LogP contribution in [0.2, 0.25) is 0 Å². The minimum absolute atomic E-state index is 0.0673. The summed E-state index contributed by atoms with van der Waals surface area (Å²) in [6.07, 6.45) is 5.24. The molecule has 1 aromatic carbocycles. The number of rotatable bonds is 7. The molecule has 1 fully saturated rings. The van der Waals surface area contributed by atoms with E-state index in [-0.39, 0.29) is 5.84 Å². The van der Waals surface area contributed by atoms with Gasteiger partial charge in [-0.25, -0.2) is 0 Å². The van der Waals surface area contributed by atoms with Crippen molar-refractivity contribution in [1.29, 1.82) is 0 Å². The van der Waals surface area contributed by atoms with Crippen LogP contribution in [0.1, 0.15) is 43.7 Å². The Labute approximate surface area is 126 Å². The molecular formula is C16H25N3O2. The maximum atomic E-state index is 8.85. The fourth-order valence-electron chi connectivity index (χ4n) is 2.92. The zero-order valence-corrected chi connectivity index (χ0v) is 12.9. The molecule has 2 rings (SSSR count). The normalized spacial score (nSPS) is 17.3. The van der Waals surface area contributed by atoms with Gasteiger partial charge >= 0.3 is 0 Å². The van der Waals surface area contributed by atoms with Gasteiger partial charge in [0.05, 0.1) is 12.7 Å². The summed E-state index contributed by atoms with van der Waals surface area (Å²) in [5.74, 6) is 0.677.